The second-order valence-corrected chi connectivity index (χ2v) is 24.2. The van der Waals surface area contributed by atoms with Crippen molar-refractivity contribution in [1.82, 2.24) is 34.5 Å². The van der Waals surface area contributed by atoms with Gasteiger partial charge in [-0.05, 0) is 109 Å². The lowest BCUT2D eigenvalue weighted by atomic mass is 9.82. The minimum atomic E-state index is -5.87. The average Bonchev–Trinajstić information content (AvgIpc) is 4.04. The number of imidazole rings is 1. The Morgan fingerprint density at radius 3 is 2.30 bits per heavy atom. The number of carbonyl (C=O) groups is 5. The van der Waals surface area contributed by atoms with Crippen LogP contribution < -0.4 is 16.3 Å². The Morgan fingerprint density at radius 2 is 1.62 bits per heavy atom. The molecule has 74 heavy (non-hydrogen) atoms. The number of halogens is 4. The molecule has 0 saturated carbocycles. The Morgan fingerprint density at radius 1 is 0.905 bits per heavy atom. The topological polar surface area (TPSA) is 204 Å². The van der Waals surface area contributed by atoms with Gasteiger partial charge in [0.1, 0.15) is 18.1 Å². The van der Waals surface area contributed by atoms with Crippen LogP contribution in [0.5, 0.6) is 0 Å². The van der Waals surface area contributed by atoms with Crippen molar-refractivity contribution < 1.29 is 55.9 Å². The number of nitrogens with zero attached hydrogens (tertiary/aromatic N) is 5. The van der Waals surface area contributed by atoms with Crippen LogP contribution in [0.2, 0.25) is 0 Å². The van der Waals surface area contributed by atoms with Crippen LogP contribution in [-0.2, 0) is 43.0 Å². The van der Waals surface area contributed by atoms with Crippen molar-refractivity contribution in [2.24, 2.45) is 24.3 Å². The molecule has 16 nitrogen and oxygen atoms in total. The number of benzene rings is 3. The Balaban J connectivity index is 0.927. The molecule has 22 heteroatoms. The van der Waals surface area contributed by atoms with Crippen LogP contribution in [0.25, 0.3) is 21.1 Å². The Labute approximate surface area is 428 Å². The van der Waals surface area contributed by atoms with E-state index in [0.717, 1.165) is 55.0 Å². The average molecular weight is 1070 g/mol. The van der Waals surface area contributed by atoms with E-state index >= 15 is 18.4 Å². The number of piperidine rings is 3. The molecule has 4 aliphatic heterocycles. The number of thiophene rings is 1. The van der Waals surface area contributed by atoms with Gasteiger partial charge in [-0.1, -0.05) is 63.2 Å². The van der Waals surface area contributed by atoms with E-state index in [4.69, 9.17) is 0 Å². The van der Waals surface area contributed by atoms with Crippen molar-refractivity contribution >= 4 is 69.6 Å². The highest BCUT2D eigenvalue weighted by Crippen LogP contribution is 2.59. The third-order valence-corrected chi connectivity index (χ3v) is 17.6. The highest BCUT2D eigenvalue weighted by atomic mass is 32.1. The molecule has 4 N–H and O–H groups in total. The lowest BCUT2D eigenvalue weighted by Crippen LogP contribution is -2.60. The first-order valence-corrected chi connectivity index (χ1v) is 27.3. The summed E-state index contributed by atoms with van der Waals surface area (Å²) >= 11 is 0.943. The van der Waals surface area contributed by atoms with Gasteiger partial charge in [0.2, 0.25) is 23.6 Å². The molecule has 6 heterocycles. The smallest absolute Gasteiger partial charge is 0.340 e. The fourth-order valence-electron chi connectivity index (χ4n) is 11.3. The number of nitrogens with one attached hydrogen (secondary N) is 2. The molecule has 0 radical (unpaired) electrons. The summed E-state index contributed by atoms with van der Waals surface area (Å²) in [5.74, 6) is -7.08. The SMILES string of the molecule is Cn1c(=O)n(C2CCC(=O)NC2=O)c2ccc(CN3CCC(C[C@@H]4CCN(C(=O)[C@@H](NC(=O)c5cc6cc(C(F)(F)P(=O)(O)O)ccc6s5)C(C)(C)C)[C@@H]4C(=O)N4CCC(F)(F)C(c5ccccc5)C4)CC3)cc21. The van der Waals surface area contributed by atoms with Gasteiger partial charge in [0, 0.05) is 56.3 Å². The minimum Gasteiger partial charge on any atom is -0.340 e. The number of hydrogen-bond acceptors (Lipinski definition) is 9. The maximum absolute atomic E-state index is 15.7. The van der Waals surface area contributed by atoms with Crippen molar-refractivity contribution in [3.05, 3.63) is 105 Å². The Bertz CT molecular complexity index is 3130. The summed E-state index contributed by atoms with van der Waals surface area (Å²) < 4.78 is 75.5. The summed E-state index contributed by atoms with van der Waals surface area (Å²) in [6.45, 7) is 6.98. The van der Waals surface area contributed by atoms with Crippen molar-refractivity contribution in [3.8, 4) is 0 Å². The third kappa shape index (κ3) is 10.3. The standard InChI is InChI=1S/C52H60F4N7O9PS/c1-50(2,3)44(58-46(66)41-27-34-26-35(11-14-40(34)74-41)52(55,56)73(70,71)72)48(68)62-22-18-33(43(62)47(67)61-23-19-51(53,54)36(29-61)32-8-6-5-7-9-32)24-30-16-20-60(21-17-30)28-31-10-12-37-39(25-31)59(4)49(69)63(37)38-13-15-42(64)57-45(38)65/h5-12,14,25-27,30,33,36,38,43-44H,13,15-24,28-29H2,1-4H3,(H,58,66)(H,57,64,65)(H2,70,71,72)/t33-,36?,38?,43-,44+/m0/s1. The molecule has 0 bridgehead atoms. The molecule has 4 saturated heterocycles. The molecular formula is C52H60F4N7O9PS. The number of carbonyl (C=O) groups excluding carboxylic acids is 5. The van der Waals surface area contributed by atoms with E-state index in [1.165, 1.54) is 31.1 Å². The van der Waals surface area contributed by atoms with Gasteiger partial charge < -0.3 is 24.9 Å². The molecule has 4 aliphatic rings. The number of likely N-dealkylation sites (tertiary alicyclic amines) is 3. The highest BCUT2D eigenvalue weighted by Gasteiger charge is 2.53. The molecule has 0 aliphatic carbocycles. The Kier molecular flexibility index (Phi) is 14.4. The maximum atomic E-state index is 15.7. The van der Waals surface area contributed by atoms with Gasteiger partial charge in [0.25, 0.3) is 11.8 Å². The molecule has 4 fully saturated rings. The predicted molar refractivity (Wildman–Crippen MR) is 269 cm³/mol. The van der Waals surface area contributed by atoms with E-state index in [2.05, 4.69) is 15.5 Å². The first kappa shape index (κ1) is 53.1. The zero-order valence-electron chi connectivity index (χ0n) is 41.4. The summed E-state index contributed by atoms with van der Waals surface area (Å²) in [5.41, 5.74) is -4.05. The van der Waals surface area contributed by atoms with Gasteiger partial charge in [-0.3, -0.25) is 47.9 Å². The molecule has 3 aromatic carbocycles. The van der Waals surface area contributed by atoms with Crippen molar-refractivity contribution in [2.75, 3.05) is 32.7 Å². The minimum absolute atomic E-state index is 0.0493. The van der Waals surface area contributed by atoms with Gasteiger partial charge in [-0.2, -0.15) is 8.78 Å². The van der Waals surface area contributed by atoms with Crippen LogP contribution in [0.4, 0.5) is 17.6 Å². The quantitative estimate of drug-likeness (QED) is 0.0569. The first-order valence-electron chi connectivity index (χ1n) is 24.9. The molecule has 2 aromatic heterocycles. The largest absolute Gasteiger partial charge is 0.399 e. The number of hydrogen-bond donors (Lipinski definition) is 4. The number of amides is 5. The lowest BCUT2D eigenvalue weighted by molar-refractivity contribution is -0.152. The molecule has 5 aromatic rings. The summed E-state index contributed by atoms with van der Waals surface area (Å²) in [6, 6.07) is 15.4. The molecule has 2 unspecified atom stereocenters. The fraction of sp³-hybridized carbons (Fsp3) is 0.500. The van der Waals surface area contributed by atoms with Gasteiger partial charge in [-0.15, -0.1) is 11.3 Å². The van der Waals surface area contributed by atoms with Gasteiger partial charge in [0.15, 0.2) is 0 Å². The van der Waals surface area contributed by atoms with Crippen LogP contribution in [0.15, 0.2) is 77.6 Å². The zero-order chi connectivity index (χ0) is 53.2. The van der Waals surface area contributed by atoms with Crippen LogP contribution in [0.3, 0.4) is 0 Å². The van der Waals surface area contributed by atoms with Gasteiger partial charge in [-0.25, -0.2) is 13.6 Å². The first-order chi connectivity index (χ1) is 34.8. The monoisotopic (exact) mass is 1070 g/mol. The van der Waals surface area contributed by atoms with E-state index in [0.29, 0.717) is 40.7 Å². The predicted octanol–water partition coefficient (Wildman–Crippen LogP) is 7.07. The summed E-state index contributed by atoms with van der Waals surface area (Å²) in [4.78, 5) is 106. The van der Waals surface area contributed by atoms with Crippen LogP contribution in [0.1, 0.15) is 104 Å². The molecular weight excluding hydrogens is 1010 g/mol. The number of rotatable bonds is 12. The van der Waals surface area contributed by atoms with E-state index in [9.17, 15) is 42.3 Å². The van der Waals surface area contributed by atoms with Gasteiger partial charge >= 0.3 is 18.9 Å². The van der Waals surface area contributed by atoms with Crippen molar-refractivity contribution in [1.29, 1.82) is 0 Å². The zero-order valence-corrected chi connectivity index (χ0v) is 43.2. The maximum Gasteiger partial charge on any atom is 0.399 e. The van der Waals surface area contributed by atoms with E-state index in [-0.39, 0.29) is 66.2 Å². The van der Waals surface area contributed by atoms with Crippen LogP contribution in [-0.4, -0.2) is 114 Å². The molecule has 5 atom stereocenters. The van der Waals surface area contributed by atoms with Crippen LogP contribution in [0, 0.1) is 17.3 Å². The molecule has 0 spiro atoms. The lowest BCUT2D eigenvalue weighted by Gasteiger charge is -2.42. The molecule has 396 valence electrons. The van der Waals surface area contributed by atoms with E-state index in [1.54, 1.807) is 58.2 Å². The number of fused-ring (bicyclic) bond motifs is 2. The number of aromatic nitrogens is 2. The second kappa shape index (κ2) is 20.1. The third-order valence-electron chi connectivity index (χ3n) is 15.5. The van der Waals surface area contributed by atoms with E-state index in [1.807, 2.05) is 18.2 Å². The summed E-state index contributed by atoms with van der Waals surface area (Å²) in [6.07, 6.45) is 2.39. The van der Waals surface area contributed by atoms with Gasteiger partial charge in [0.05, 0.1) is 21.8 Å². The highest BCUT2D eigenvalue weighted by molar-refractivity contribution is 7.52. The van der Waals surface area contributed by atoms with Crippen molar-refractivity contribution in [2.45, 2.75) is 108 Å². The number of alkyl halides is 4. The van der Waals surface area contributed by atoms with E-state index < -0.39 is 84.3 Å². The Hall–Kier alpha value is -5.73. The molecule has 9 rings (SSSR count). The normalized spacial score (nSPS) is 22.8. The van der Waals surface area contributed by atoms with Crippen LogP contribution >= 0.6 is 18.9 Å². The second-order valence-electron chi connectivity index (χ2n) is 21.5. The van der Waals surface area contributed by atoms with Crippen molar-refractivity contribution in [3.63, 3.8) is 0 Å². The fourth-order valence-corrected chi connectivity index (χ4v) is 12.8. The summed E-state index contributed by atoms with van der Waals surface area (Å²) in [7, 11) is -4.21. The molecule has 5 amide bonds. The summed E-state index contributed by atoms with van der Waals surface area (Å²) in [5, 5.41) is 5.32. The number of imide groups is 1. The number of aryl methyl sites for hydroxylation is 1.